The molecule has 17 heavy (non-hydrogen) atoms. The summed E-state index contributed by atoms with van der Waals surface area (Å²) in [7, 11) is 0. The fourth-order valence-corrected chi connectivity index (χ4v) is 3.69. The number of rotatable bonds is 1. The van der Waals surface area contributed by atoms with Gasteiger partial charge in [-0.1, -0.05) is 6.42 Å². The van der Waals surface area contributed by atoms with Crippen LogP contribution in [0.2, 0.25) is 0 Å². The van der Waals surface area contributed by atoms with Crippen molar-refractivity contribution in [3.05, 3.63) is 0 Å². The van der Waals surface area contributed by atoms with E-state index in [2.05, 4.69) is 12.2 Å². The minimum absolute atomic E-state index is 0.0862. The maximum absolute atomic E-state index is 12.6. The summed E-state index contributed by atoms with van der Waals surface area (Å²) in [6.45, 7) is 5.26. The van der Waals surface area contributed by atoms with Crippen molar-refractivity contribution in [1.29, 1.82) is 0 Å². The topological polar surface area (TPSA) is 41.6 Å². The highest BCUT2D eigenvalue weighted by Gasteiger charge is 2.44. The van der Waals surface area contributed by atoms with Crippen LogP contribution in [0.5, 0.6) is 0 Å². The number of fused-ring (bicyclic) bond motifs is 1. The molecular weight excluding hydrogens is 216 g/mol. The molecule has 1 amide bonds. The Hall–Kier alpha value is -0.610. The Morgan fingerprint density at radius 2 is 2.29 bits per heavy atom. The first-order valence-corrected chi connectivity index (χ1v) is 6.89. The van der Waals surface area contributed by atoms with Gasteiger partial charge in [-0.25, -0.2) is 0 Å². The third-order valence-corrected chi connectivity index (χ3v) is 4.66. The van der Waals surface area contributed by atoms with E-state index < -0.39 is 0 Å². The molecule has 2 heterocycles. The van der Waals surface area contributed by atoms with Crippen molar-refractivity contribution < 1.29 is 9.53 Å². The number of nitrogens with one attached hydrogen (secondary N) is 1. The van der Waals surface area contributed by atoms with Crippen LogP contribution < -0.4 is 5.32 Å². The molecule has 1 aliphatic carbocycles. The Morgan fingerprint density at radius 1 is 1.41 bits per heavy atom. The Balaban J connectivity index is 1.69. The van der Waals surface area contributed by atoms with Gasteiger partial charge in [0.25, 0.3) is 0 Å². The summed E-state index contributed by atoms with van der Waals surface area (Å²) < 4.78 is 5.40. The Kier molecular flexibility index (Phi) is 3.09. The quantitative estimate of drug-likeness (QED) is 0.728. The molecule has 4 atom stereocenters. The second-order valence-corrected chi connectivity index (χ2v) is 5.70. The second-order valence-electron chi connectivity index (χ2n) is 5.70. The molecule has 1 saturated carbocycles. The molecule has 0 aromatic carbocycles. The summed E-state index contributed by atoms with van der Waals surface area (Å²) in [6.07, 6.45) is 3.84. The summed E-state index contributed by atoms with van der Waals surface area (Å²) in [4.78, 5) is 14.6. The standard InChI is InChI=1S/C13H22N2O2/c1-9-8-17-6-5-15(9)13(16)12-11-4-2-3-10(11)7-14-12/h9-12,14H,2-8H2,1H3/t9-,10?,11?,12?/m1/s1. The van der Waals surface area contributed by atoms with Crippen molar-refractivity contribution >= 4 is 5.91 Å². The average molecular weight is 238 g/mol. The van der Waals surface area contributed by atoms with Crippen LogP contribution in [0.25, 0.3) is 0 Å². The average Bonchev–Trinajstić information content (AvgIpc) is 2.90. The van der Waals surface area contributed by atoms with Crippen molar-refractivity contribution in [3.8, 4) is 0 Å². The number of amides is 1. The lowest BCUT2D eigenvalue weighted by Gasteiger charge is -2.36. The number of ether oxygens (including phenoxy) is 1. The molecular formula is C13H22N2O2. The number of morpholine rings is 1. The fourth-order valence-electron chi connectivity index (χ4n) is 3.69. The minimum atomic E-state index is 0.0862. The van der Waals surface area contributed by atoms with E-state index in [0.717, 1.165) is 19.0 Å². The van der Waals surface area contributed by atoms with E-state index in [1.165, 1.54) is 19.3 Å². The maximum Gasteiger partial charge on any atom is 0.240 e. The Labute approximate surface area is 103 Å². The lowest BCUT2D eigenvalue weighted by Crippen LogP contribution is -2.54. The number of nitrogens with zero attached hydrogens (tertiary/aromatic N) is 1. The zero-order chi connectivity index (χ0) is 11.8. The highest BCUT2D eigenvalue weighted by Crippen LogP contribution is 2.38. The molecule has 0 spiro atoms. The Bertz CT molecular complexity index is 308. The van der Waals surface area contributed by atoms with Gasteiger partial charge in [0.05, 0.1) is 25.3 Å². The zero-order valence-electron chi connectivity index (χ0n) is 10.5. The highest BCUT2D eigenvalue weighted by atomic mass is 16.5. The van der Waals surface area contributed by atoms with Crippen LogP contribution in [-0.4, -0.2) is 49.2 Å². The lowest BCUT2D eigenvalue weighted by atomic mass is 9.93. The zero-order valence-corrected chi connectivity index (χ0v) is 10.5. The molecule has 3 unspecified atom stereocenters. The molecule has 3 aliphatic rings. The van der Waals surface area contributed by atoms with Crippen LogP contribution >= 0.6 is 0 Å². The van der Waals surface area contributed by atoms with E-state index in [1.54, 1.807) is 0 Å². The van der Waals surface area contributed by atoms with E-state index >= 15 is 0 Å². The summed E-state index contributed by atoms with van der Waals surface area (Å²) >= 11 is 0. The SMILES string of the molecule is C[C@@H]1COCCN1C(=O)C1NCC2CCCC21. The predicted molar refractivity (Wildman–Crippen MR) is 64.6 cm³/mol. The van der Waals surface area contributed by atoms with Crippen LogP contribution in [0, 0.1) is 11.8 Å². The fraction of sp³-hybridized carbons (Fsp3) is 0.923. The van der Waals surface area contributed by atoms with E-state index in [-0.39, 0.29) is 12.1 Å². The van der Waals surface area contributed by atoms with Gasteiger partial charge in [-0.15, -0.1) is 0 Å². The molecule has 0 radical (unpaired) electrons. The minimum Gasteiger partial charge on any atom is -0.377 e. The molecule has 0 aromatic heterocycles. The molecule has 2 saturated heterocycles. The van der Waals surface area contributed by atoms with Gasteiger partial charge in [-0.2, -0.15) is 0 Å². The second kappa shape index (κ2) is 4.58. The van der Waals surface area contributed by atoms with Crippen LogP contribution in [0.15, 0.2) is 0 Å². The van der Waals surface area contributed by atoms with Gasteiger partial charge in [0.1, 0.15) is 0 Å². The summed E-state index contributed by atoms with van der Waals surface area (Å²) in [5, 5.41) is 3.44. The number of hydrogen-bond acceptors (Lipinski definition) is 3. The van der Waals surface area contributed by atoms with Gasteiger partial charge in [0, 0.05) is 6.54 Å². The summed E-state index contributed by atoms with van der Waals surface area (Å²) in [5.41, 5.74) is 0. The molecule has 3 rings (SSSR count). The summed E-state index contributed by atoms with van der Waals surface area (Å²) in [6, 6.07) is 0.321. The van der Waals surface area contributed by atoms with Crippen molar-refractivity contribution in [1.82, 2.24) is 10.2 Å². The molecule has 0 bridgehead atoms. The predicted octanol–water partition coefficient (Wildman–Crippen LogP) is 0.622. The summed E-state index contributed by atoms with van der Waals surface area (Å²) in [5.74, 6) is 1.66. The lowest BCUT2D eigenvalue weighted by molar-refractivity contribution is -0.142. The van der Waals surface area contributed by atoms with Gasteiger partial charge in [-0.05, 0) is 38.1 Å². The smallest absolute Gasteiger partial charge is 0.240 e. The number of carbonyl (C=O) groups is 1. The number of carbonyl (C=O) groups excluding carboxylic acids is 1. The van der Waals surface area contributed by atoms with Gasteiger partial charge in [-0.3, -0.25) is 4.79 Å². The van der Waals surface area contributed by atoms with Crippen LogP contribution in [-0.2, 0) is 9.53 Å². The first kappa shape index (κ1) is 11.5. The van der Waals surface area contributed by atoms with Crippen LogP contribution in [0.3, 0.4) is 0 Å². The monoisotopic (exact) mass is 238 g/mol. The van der Waals surface area contributed by atoms with Crippen LogP contribution in [0.1, 0.15) is 26.2 Å². The van der Waals surface area contributed by atoms with Gasteiger partial charge in [0.2, 0.25) is 5.91 Å². The van der Waals surface area contributed by atoms with Crippen molar-refractivity contribution in [2.75, 3.05) is 26.3 Å². The molecule has 3 fully saturated rings. The first-order valence-electron chi connectivity index (χ1n) is 6.89. The first-order chi connectivity index (χ1) is 8.27. The van der Waals surface area contributed by atoms with Gasteiger partial charge >= 0.3 is 0 Å². The largest absolute Gasteiger partial charge is 0.377 e. The highest BCUT2D eigenvalue weighted by molar-refractivity contribution is 5.83. The van der Waals surface area contributed by atoms with E-state index in [4.69, 9.17) is 4.74 Å². The molecule has 4 heteroatoms. The molecule has 2 aliphatic heterocycles. The van der Waals surface area contributed by atoms with E-state index in [9.17, 15) is 4.79 Å². The van der Waals surface area contributed by atoms with Crippen molar-refractivity contribution in [3.63, 3.8) is 0 Å². The number of hydrogen-bond donors (Lipinski definition) is 1. The van der Waals surface area contributed by atoms with Gasteiger partial charge in [0.15, 0.2) is 0 Å². The molecule has 4 nitrogen and oxygen atoms in total. The maximum atomic E-state index is 12.6. The normalized spacial score (nSPS) is 41.6. The van der Waals surface area contributed by atoms with Gasteiger partial charge < -0.3 is 15.0 Å². The molecule has 1 N–H and O–H groups in total. The van der Waals surface area contributed by atoms with Crippen molar-refractivity contribution in [2.24, 2.45) is 11.8 Å². The molecule has 96 valence electrons. The molecule has 0 aromatic rings. The van der Waals surface area contributed by atoms with E-state index in [1.807, 2.05) is 4.90 Å². The van der Waals surface area contributed by atoms with Crippen molar-refractivity contribution in [2.45, 2.75) is 38.3 Å². The Morgan fingerprint density at radius 3 is 3.12 bits per heavy atom. The van der Waals surface area contributed by atoms with E-state index in [0.29, 0.717) is 25.0 Å². The third-order valence-electron chi connectivity index (χ3n) is 4.66. The third kappa shape index (κ3) is 1.97. The van der Waals surface area contributed by atoms with Crippen LogP contribution in [0.4, 0.5) is 0 Å².